The van der Waals surface area contributed by atoms with Crippen LogP contribution in [0.1, 0.15) is 28.8 Å². The monoisotopic (exact) mass is 275 g/mol. The van der Waals surface area contributed by atoms with E-state index >= 15 is 0 Å². The van der Waals surface area contributed by atoms with E-state index in [1.807, 2.05) is 37.1 Å². The van der Waals surface area contributed by atoms with Gasteiger partial charge in [-0.2, -0.15) is 0 Å². The number of likely N-dealkylation sites (tertiary alicyclic amines) is 1. The van der Waals surface area contributed by atoms with Gasteiger partial charge in [0.25, 0.3) is 5.91 Å². The number of carbonyl (C=O) groups is 1. The van der Waals surface area contributed by atoms with Crippen molar-refractivity contribution in [3.63, 3.8) is 0 Å². The highest BCUT2D eigenvalue weighted by Gasteiger charge is 2.25. The molecule has 1 aromatic carbocycles. The van der Waals surface area contributed by atoms with Crippen LogP contribution in [-0.2, 0) is 0 Å². The molecule has 1 heterocycles. The number of nitrogens with zero attached hydrogens (tertiary/aromatic N) is 2. The summed E-state index contributed by atoms with van der Waals surface area (Å²) in [6.45, 7) is 3.71. The largest absolute Gasteiger partial charge is 0.388 e. The summed E-state index contributed by atoms with van der Waals surface area (Å²) in [4.78, 5) is 16.8. The quantitative estimate of drug-likeness (QED) is 0.918. The molecule has 0 atom stereocenters. The second-order valence-electron chi connectivity index (χ2n) is 5.77. The van der Waals surface area contributed by atoms with E-state index in [0.717, 1.165) is 42.7 Å². The Bertz CT molecular complexity index is 477. The van der Waals surface area contributed by atoms with Gasteiger partial charge < -0.3 is 15.1 Å². The number of piperidine rings is 1. The van der Waals surface area contributed by atoms with Crippen molar-refractivity contribution in [1.29, 1.82) is 0 Å². The molecule has 1 aliphatic rings. The number of nitrogens with one attached hydrogen (secondary N) is 1. The average molecular weight is 275 g/mol. The van der Waals surface area contributed by atoms with E-state index in [1.165, 1.54) is 0 Å². The van der Waals surface area contributed by atoms with Crippen molar-refractivity contribution in [3.8, 4) is 0 Å². The molecule has 0 unspecified atom stereocenters. The Morgan fingerprint density at radius 2 is 1.95 bits per heavy atom. The minimum Gasteiger partial charge on any atom is -0.388 e. The fourth-order valence-corrected chi connectivity index (χ4v) is 2.81. The third kappa shape index (κ3) is 3.12. The summed E-state index contributed by atoms with van der Waals surface area (Å²) in [6.07, 6.45) is 2.12. The van der Waals surface area contributed by atoms with Crippen LogP contribution >= 0.6 is 0 Å². The molecule has 4 heteroatoms. The van der Waals surface area contributed by atoms with Crippen LogP contribution in [-0.4, -0.2) is 56.0 Å². The Morgan fingerprint density at radius 3 is 2.45 bits per heavy atom. The molecule has 1 saturated heterocycles. The molecule has 0 saturated carbocycles. The van der Waals surface area contributed by atoms with Gasteiger partial charge in [-0.05, 0) is 57.6 Å². The molecule has 110 valence electrons. The standard InChI is InChI=1S/C16H25N3O/c1-12-11-13(17-2)5-6-15(12)16(20)19-9-7-14(8-10-19)18(3)4/h5-6,11,14,17H,7-10H2,1-4H3. The van der Waals surface area contributed by atoms with Crippen molar-refractivity contribution in [2.24, 2.45) is 0 Å². The Hall–Kier alpha value is -1.55. The molecular formula is C16H25N3O. The van der Waals surface area contributed by atoms with Gasteiger partial charge in [0, 0.05) is 37.4 Å². The van der Waals surface area contributed by atoms with Crippen LogP contribution in [0, 0.1) is 6.92 Å². The zero-order valence-electron chi connectivity index (χ0n) is 12.9. The topological polar surface area (TPSA) is 35.6 Å². The second-order valence-corrected chi connectivity index (χ2v) is 5.77. The summed E-state index contributed by atoms with van der Waals surface area (Å²) in [7, 11) is 6.12. The summed E-state index contributed by atoms with van der Waals surface area (Å²) >= 11 is 0. The zero-order valence-corrected chi connectivity index (χ0v) is 12.9. The Morgan fingerprint density at radius 1 is 1.30 bits per heavy atom. The minimum atomic E-state index is 0.169. The van der Waals surface area contributed by atoms with Gasteiger partial charge >= 0.3 is 0 Å². The van der Waals surface area contributed by atoms with E-state index in [2.05, 4.69) is 24.3 Å². The number of benzene rings is 1. The molecule has 20 heavy (non-hydrogen) atoms. The maximum atomic E-state index is 12.6. The zero-order chi connectivity index (χ0) is 14.7. The molecule has 2 rings (SSSR count). The van der Waals surface area contributed by atoms with E-state index in [1.54, 1.807) is 0 Å². The number of anilines is 1. The molecule has 0 aromatic heterocycles. The lowest BCUT2D eigenvalue weighted by atomic mass is 10.0. The third-order valence-electron chi connectivity index (χ3n) is 4.23. The Labute approximate surface area is 121 Å². The lowest BCUT2D eigenvalue weighted by Crippen LogP contribution is -2.44. The van der Waals surface area contributed by atoms with Gasteiger partial charge in [0.2, 0.25) is 0 Å². The van der Waals surface area contributed by atoms with E-state index in [4.69, 9.17) is 0 Å². The summed E-state index contributed by atoms with van der Waals surface area (Å²) in [5.74, 6) is 0.169. The van der Waals surface area contributed by atoms with Gasteiger partial charge in [0.1, 0.15) is 0 Å². The number of aryl methyl sites for hydroxylation is 1. The summed E-state index contributed by atoms with van der Waals surface area (Å²) < 4.78 is 0. The predicted octanol–water partition coefficient (Wildman–Crippen LogP) is 2.20. The molecular weight excluding hydrogens is 250 g/mol. The van der Waals surface area contributed by atoms with Crippen molar-refractivity contribution in [3.05, 3.63) is 29.3 Å². The van der Waals surface area contributed by atoms with Crippen LogP contribution in [0.3, 0.4) is 0 Å². The van der Waals surface area contributed by atoms with Gasteiger partial charge in [0.15, 0.2) is 0 Å². The summed E-state index contributed by atoms with van der Waals surface area (Å²) in [6, 6.07) is 6.53. The number of amides is 1. The minimum absolute atomic E-state index is 0.169. The van der Waals surface area contributed by atoms with Crippen LogP contribution in [0.25, 0.3) is 0 Å². The maximum Gasteiger partial charge on any atom is 0.254 e. The van der Waals surface area contributed by atoms with Crippen LogP contribution < -0.4 is 5.32 Å². The summed E-state index contributed by atoms with van der Waals surface area (Å²) in [5.41, 5.74) is 2.91. The lowest BCUT2D eigenvalue weighted by molar-refractivity contribution is 0.0662. The fourth-order valence-electron chi connectivity index (χ4n) is 2.81. The van der Waals surface area contributed by atoms with Crippen molar-refractivity contribution < 1.29 is 4.79 Å². The number of carbonyl (C=O) groups excluding carboxylic acids is 1. The molecule has 1 fully saturated rings. The van der Waals surface area contributed by atoms with Crippen molar-refractivity contribution in [2.75, 3.05) is 39.5 Å². The van der Waals surface area contributed by atoms with Gasteiger partial charge in [-0.25, -0.2) is 0 Å². The van der Waals surface area contributed by atoms with Crippen molar-refractivity contribution >= 4 is 11.6 Å². The molecule has 0 aliphatic carbocycles. The normalized spacial score (nSPS) is 16.6. The number of rotatable bonds is 3. The molecule has 0 spiro atoms. The first-order chi connectivity index (χ1) is 9.52. The van der Waals surface area contributed by atoms with Crippen LogP contribution in [0.5, 0.6) is 0 Å². The first-order valence-corrected chi connectivity index (χ1v) is 7.27. The maximum absolute atomic E-state index is 12.6. The first kappa shape index (κ1) is 14.9. The first-order valence-electron chi connectivity index (χ1n) is 7.27. The fraction of sp³-hybridized carbons (Fsp3) is 0.562. The molecule has 1 N–H and O–H groups in total. The SMILES string of the molecule is CNc1ccc(C(=O)N2CCC(N(C)C)CC2)c(C)c1. The molecule has 0 radical (unpaired) electrons. The van der Waals surface area contributed by atoms with E-state index in [-0.39, 0.29) is 5.91 Å². The highest BCUT2D eigenvalue weighted by molar-refractivity contribution is 5.96. The highest BCUT2D eigenvalue weighted by Crippen LogP contribution is 2.20. The molecule has 1 aliphatic heterocycles. The second kappa shape index (κ2) is 6.27. The van der Waals surface area contributed by atoms with Crippen molar-refractivity contribution in [1.82, 2.24) is 9.80 Å². The predicted molar refractivity (Wildman–Crippen MR) is 83.3 cm³/mol. The molecule has 1 amide bonds. The smallest absolute Gasteiger partial charge is 0.254 e. The molecule has 4 nitrogen and oxygen atoms in total. The Kier molecular flexibility index (Phi) is 4.65. The van der Waals surface area contributed by atoms with Gasteiger partial charge in [-0.3, -0.25) is 4.79 Å². The van der Waals surface area contributed by atoms with E-state index < -0.39 is 0 Å². The summed E-state index contributed by atoms with van der Waals surface area (Å²) in [5, 5.41) is 3.10. The average Bonchev–Trinajstić information content (AvgIpc) is 2.46. The third-order valence-corrected chi connectivity index (χ3v) is 4.23. The van der Waals surface area contributed by atoms with Gasteiger partial charge in [-0.15, -0.1) is 0 Å². The number of hydrogen-bond donors (Lipinski definition) is 1. The van der Waals surface area contributed by atoms with Crippen LogP contribution in [0.2, 0.25) is 0 Å². The Balaban J connectivity index is 2.05. The highest BCUT2D eigenvalue weighted by atomic mass is 16.2. The van der Waals surface area contributed by atoms with Crippen LogP contribution in [0.15, 0.2) is 18.2 Å². The van der Waals surface area contributed by atoms with Crippen LogP contribution in [0.4, 0.5) is 5.69 Å². The lowest BCUT2D eigenvalue weighted by Gasteiger charge is -2.35. The van der Waals surface area contributed by atoms with E-state index in [0.29, 0.717) is 6.04 Å². The molecule has 1 aromatic rings. The van der Waals surface area contributed by atoms with E-state index in [9.17, 15) is 4.79 Å². The molecule has 0 bridgehead atoms. The van der Waals surface area contributed by atoms with Crippen molar-refractivity contribution in [2.45, 2.75) is 25.8 Å². The van der Waals surface area contributed by atoms with Gasteiger partial charge in [0.05, 0.1) is 0 Å². The van der Waals surface area contributed by atoms with Gasteiger partial charge in [-0.1, -0.05) is 0 Å². The number of hydrogen-bond acceptors (Lipinski definition) is 3.